The molecule has 0 amide bonds. The Morgan fingerprint density at radius 1 is 1.11 bits per heavy atom. The maximum absolute atomic E-state index is 11.8. The fraction of sp³-hybridized carbons (Fsp3) is 0. The standard InChI is InChI=1S/C15H11ClO2/c16-13-8-6-12(15(18)10-13)7-9-14(17)11-4-2-1-3-5-11/h1-10,18H/b9-7+. The predicted octanol–water partition coefficient (Wildman–Crippen LogP) is 3.94. The van der Waals surface area contributed by atoms with Crippen molar-refractivity contribution in [2.45, 2.75) is 0 Å². The lowest BCUT2D eigenvalue weighted by atomic mass is 10.1. The molecule has 1 N–H and O–H groups in total. The molecule has 0 spiro atoms. The van der Waals surface area contributed by atoms with Gasteiger partial charge in [-0.2, -0.15) is 0 Å². The Bertz CT molecular complexity index is 589. The second kappa shape index (κ2) is 5.52. The van der Waals surface area contributed by atoms with Crippen LogP contribution in [0.2, 0.25) is 5.02 Å². The molecule has 0 radical (unpaired) electrons. The van der Waals surface area contributed by atoms with Gasteiger partial charge in [0.15, 0.2) is 5.78 Å². The van der Waals surface area contributed by atoms with Crippen molar-refractivity contribution in [2.24, 2.45) is 0 Å². The molecule has 0 atom stereocenters. The summed E-state index contributed by atoms with van der Waals surface area (Å²) >= 11 is 5.72. The van der Waals surface area contributed by atoms with Crippen molar-refractivity contribution in [2.75, 3.05) is 0 Å². The molecular weight excluding hydrogens is 248 g/mol. The largest absolute Gasteiger partial charge is 0.507 e. The Morgan fingerprint density at radius 2 is 1.83 bits per heavy atom. The van der Waals surface area contributed by atoms with E-state index in [0.29, 0.717) is 16.1 Å². The van der Waals surface area contributed by atoms with Gasteiger partial charge < -0.3 is 5.11 Å². The van der Waals surface area contributed by atoms with E-state index in [9.17, 15) is 9.90 Å². The average molecular weight is 259 g/mol. The molecular formula is C15H11ClO2. The Balaban J connectivity index is 2.19. The number of halogens is 1. The highest BCUT2D eigenvalue weighted by Gasteiger charge is 2.02. The third-order valence-electron chi connectivity index (χ3n) is 2.47. The van der Waals surface area contributed by atoms with E-state index in [1.165, 1.54) is 12.1 Å². The first-order valence-electron chi connectivity index (χ1n) is 5.43. The first kappa shape index (κ1) is 12.4. The maximum atomic E-state index is 11.8. The van der Waals surface area contributed by atoms with Gasteiger partial charge in [0.1, 0.15) is 5.75 Å². The zero-order chi connectivity index (χ0) is 13.0. The fourth-order valence-corrected chi connectivity index (χ4v) is 1.69. The van der Waals surface area contributed by atoms with Gasteiger partial charge in [-0.3, -0.25) is 4.79 Å². The number of phenolic OH excluding ortho intramolecular Hbond substituents is 1. The molecule has 0 saturated heterocycles. The van der Waals surface area contributed by atoms with E-state index < -0.39 is 0 Å². The van der Waals surface area contributed by atoms with Crippen molar-refractivity contribution in [1.29, 1.82) is 0 Å². The van der Waals surface area contributed by atoms with E-state index >= 15 is 0 Å². The summed E-state index contributed by atoms with van der Waals surface area (Å²) in [7, 11) is 0. The zero-order valence-corrected chi connectivity index (χ0v) is 10.3. The van der Waals surface area contributed by atoms with Crippen LogP contribution >= 0.6 is 11.6 Å². The second-order valence-electron chi connectivity index (χ2n) is 3.77. The first-order valence-corrected chi connectivity index (χ1v) is 5.80. The van der Waals surface area contributed by atoms with E-state index in [-0.39, 0.29) is 11.5 Å². The van der Waals surface area contributed by atoms with Crippen LogP contribution in [0.25, 0.3) is 6.08 Å². The zero-order valence-electron chi connectivity index (χ0n) is 9.51. The number of benzene rings is 2. The lowest BCUT2D eigenvalue weighted by Gasteiger charge is -1.99. The Morgan fingerprint density at radius 3 is 2.50 bits per heavy atom. The molecule has 3 heteroatoms. The summed E-state index contributed by atoms with van der Waals surface area (Å²) in [6, 6.07) is 13.7. The average Bonchev–Trinajstić information content (AvgIpc) is 2.38. The number of hydrogen-bond acceptors (Lipinski definition) is 2. The van der Waals surface area contributed by atoms with Gasteiger partial charge in [0.2, 0.25) is 0 Å². The van der Waals surface area contributed by atoms with Crippen molar-refractivity contribution in [1.82, 2.24) is 0 Å². The smallest absolute Gasteiger partial charge is 0.185 e. The van der Waals surface area contributed by atoms with Crippen molar-refractivity contribution < 1.29 is 9.90 Å². The molecule has 18 heavy (non-hydrogen) atoms. The van der Waals surface area contributed by atoms with E-state index in [4.69, 9.17) is 11.6 Å². The summed E-state index contributed by atoms with van der Waals surface area (Å²) < 4.78 is 0. The van der Waals surface area contributed by atoms with Crippen LogP contribution in [0.4, 0.5) is 0 Å². The summed E-state index contributed by atoms with van der Waals surface area (Å²) in [6.45, 7) is 0. The van der Waals surface area contributed by atoms with Gasteiger partial charge >= 0.3 is 0 Å². The summed E-state index contributed by atoms with van der Waals surface area (Å²) in [5.74, 6) is -0.0513. The van der Waals surface area contributed by atoms with Crippen LogP contribution in [0.15, 0.2) is 54.6 Å². The highest BCUT2D eigenvalue weighted by molar-refractivity contribution is 6.30. The highest BCUT2D eigenvalue weighted by Crippen LogP contribution is 2.23. The number of phenols is 1. The molecule has 0 aromatic heterocycles. The number of ketones is 1. The molecule has 0 bridgehead atoms. The summed E-state index contributed by atoms with van der Waals surface area (Å²) in [5, 5.41) is 10.1. The minimum Gasteiger partial charge on any atom is -0.507 e. The van der Waals surface area contributed by atoms with Crippen molar-refractivity contribution in [3.8, 4) is 5.75 Å². The van der Waals surface area contributed by atoms with Gasteiger partial charge in [-0.25, -0.2) is 0 Å². The molecule has 0 fully saturated rings. The molecule has 0 unspecified atom stereocenters. The van der Waals surface area contributed by atoms with E-state index in [2.05, 4.69) is 0 Å². The van der Waals surface area contributed by atoms with Crippen LogP contribution in [0.5, 0.6) is 5.75 Å². The van der Waals surface area contributed by atoms with Crippen molar-refractivity contribution in [3.05, 3.63) is 70.8 Å². The van der Waals surface area contributed by atoms with E-state index in [0.717, 1.165) is 0 Å². The molecule has 0 aliphatic rings. The molecule has 2 rings (SSSR count). The molecule has 0 aliphatic heterocycles. The number of carbonyl (C=O) groups excluding carboxylic acids is 1. The second-order valence-corrected chi connectivity index (χ2v) is 4.20. The minimum absolute atomic E-state index is 0.0552. The van der Waals surface area contributed by atoms with Crippen LogP contribution in [0.1, 0.15) is 15.9 Å². The van der Waals surface area contributed by atoms with Gasteiger partial charge in [-0.15, -0.1) is 0 Å². The number of aromatic hydroxyl groups is 1. The number of carbonyl (C=O) groups is 1. The maximum Gasteiger partial charge on any atom is 0.185 e. The van der Waals surface area contributed by atoms with Gasteiger partial charge in [0.05, 0.1) is 0 Å². The quantitative estimate of drug-likeness (QED) is 0.669. The van der Waals surface area contributed by atoms with E-state index in [1.54, 1.807) is 42.5 Å². The fourth-order valence-electron chi connectivity index (χ4n) is 1.52. The Hall–Kier alpha value is -2.06. The highest BCUT2D eigenvalue weighted by atomic mass is 35.5. The monoisotopic (exact) mass is 258 g/mol. The van der Waals surface area contributed by atoms with Gasteiger partial charge in [0.25, 0.3) is 0 Å². The topological polar surface area (TPSA) is 37.3 Å². The SMILES string of the molecule is O=C(/C=C/c1ccc(Cl)cc1O)c1ccccc1. The van der Waals surface area contributed by atoms with Gasteiger partial charge in [-0.05, 0) is 30.4 Å². The summed E-state index contributed by atoms with van der Waals surface area (Å²) in [6.07, 6.45) is 3.00. The molecule has 2 aromatic rings. The van der Waals surface area contributed by atoms with Crippen molar-refractivity contribution >= 4 is 23.5 Å². The molecule has 90 valence electrons. The molecule has 0 aliphatic carbocycles. The summed E-state index contributed by atoms with van der Waals surface area (Å²) in [5.41, 5.74) is 1.17. The van der Waals surface area contributed by atoms with Crippen LogP contribution in [0.3, 0.4) is 0 Å². The first-order chi connectivity index (χ1) is 8.66. The number of allylic oxidation sites excluding steroid dienone is 1. The summed E-state index contributed by atoms with van der Waals surface area (Å²) in [4.78, 5) is 11.8. The van der Waals surface area contributed by atoms with Crippen LogP contribution < -0.4 is 0 Å². The normalized spacial score (nSPS) is 10.7. The Kier molecular flexibility index (Phi) is 3.80. The minimum atomic E-state index is -0.107. The Labute approximate surface area is 110 Å². The number of rotatable bonds is 3. The van der Waals surface area contributed by atoms with E-state index in [1.807, 2.05) is 6.07 Å². The number of hydrogen-bond donors (Lipinski definition) is 1. The third kappa shape index (κ3) is 2.99. The third-order valence-corrected chi connectivity index (χ3v) is 2.70. The van der Waals surface area contributed by atoms with Crippen LogP contribution in [0, 0.1) is 0 Å². The molecule has 2 aromatic carbocycles. The van der Waals surface area contributed by atoms with Crippen LogP contribution in [-0.2, 0) is 0 Å². The predicted molar refractivity (Wildman–Crippen MR) is 72.9 cm³/mol. The van der Waals surface area contributed by atoms with Gasteiger partial charge in [0, 0.05) is 16.1 Å². The molecule has 0 heterocycles. The lowest BCUT2D eigenvalue weighted by molar-refractivity contribution is 0.104. The lowest BCUT2D eigenvalue weighted by Crippen LogP contribution is -1.92. The van der Waals surface area contributed by atoms with Crippen molar-refractivity contribution in [3.63, 3.8) is 0 Å². The molecule has 0 saturated carbocycles. The molecule has 2 nitrogen and oxygen atoms in total. The van der Waals surface area contributed by atoms with Gasteiger partial charge in [-0.1, -0.05) is 41.9 Å². The van der Waals surface area contributed by atoms with Crippen LogP contribution in [-0.4, -0.2) is 10.9 Å².